The van der Waals surface area contributed by atoms with E-state index >= 15 is 0 Å². The fourth-order valence-electron chi connectivity index (χ4n) is 5.23. The van der Waals surface area contributed by atoms with Crippen LogP contribution in [0.25, 0.3) is 10.8 Å². The molecule has 1 fully saturated rings. The fraction of sp³-hybridized carbons (Fsp3) is 0.308. The third-order valence-electron chi connectivity index (χ3n) is 6.85. The van der Waals surface area contributed by atoms with Gasteiger partial charge in [0, 0.05) is 36.3 Å². The third-order valence-corrected chi connectivity index (χ3v) is 6.85. The zero-order valence-electron chi connectivity index (χ0n) is 17.7. The normalized spacial score (nSPS) is 18.8. The number of hydrogen-bond donors (Lipinski definition) is 1. The Morgan fingerprint density at radius 2 is 1.81 bits per heavy atom. The van der Waals surface area contributed by atoms with Crippen molar-refractivity contribution in [3.8, 4) is 11.5 Å². The van der Waals surface area contributed by atoms with Crippen molar-refractivity contribution >= 4 is 28.3 Å². The van der Waals surface area contributed by atoms with Gasteiger partial charge in [-0.2, -0.15) is 0 Å². The molecule has 1 aliphatic carbocycles. The number of ether oxygens (including phenoxy) is 2. The van der Waals surface area contributed by atoms with E-state index in [1.165, 1.54) is 16.5 Å². The van der Waals surface area contributed by atoms with Crippen LogP contribution in [0.5, 0.6) is 11.5 Å². The molecule has 3 aromatic carbocycles. The van der Waals surface area contributed by atoms with Gasteiger partial charge in [0.05, 0.1) is 0 Å². The SMILES string of the molecule is O=C(c1ccc2c3c(cccc13)CC2)[C@H]1CCCN(C(=O)Nc2ccc3c(c2)OCO3)C1. The molecule has 1 atom stereocenters. The molecule has 0 spiro atoms. The molecule has 6 rings (SSSR count). The van der Waals surface area contributed by atoms with Gasteiger partial charge in [0.2, 0.25) is 6.79 Å². The predicted molar refractivity (Wildman–Crippen MR) is 122 cm³/mol. The molecule has 6 nitrogen and oxygen atoms in total. The summed E-state index contributed by atoms with van der Waals surface area (Å²) in [5, 5.41) is 5.25. The van der Waals surface area contributed by atoms with E-state index in [1.54, 1.807) is 23.1 Å². The molecule has 1 saturated heterocycles. The zero-order valence-corrected chi connectivity index (χ0v) is 17.7. The minimum atomic E-state index is -0.193. The Morgan fingerprint density at radius 3 is 2.72 bits per heavy atom. The van der Waals surface area contributed by atoms with Crippen molar-refractivity contribution in [2.75, 3.05) is 25.2 Å². The number of hydrogen-bond acceptors (Lipinski definition) is 4. The van der Waals surface area contributed by atoms with Crippen molar-refractivity contribution in [1.29, 1.82) is 0 Å². The number of aryl methyl sites for hydroxylation is 2. The van der Waals surface area contributed by atoms with Gasteiger partial charge in [-0.1, -0.05) is 30.3 Å². The molecule has 2 heterocycles. The minimum Gasteiger partial charge on any atom is -0.454 e. The van der Waals surface area contributed by atoms with Gasteiger partial charge in [-0.05, 0) is 59.7 Å². The van der Waals surface area contributed by atoms with Crippen LogP contribution in [0.4, 0.5) is 10.5 Å². The van der Waals surface area contributed by atoms with Gasteiger partial charge in [0.1, 0.15) is 0 Å². The maximum Gasteiger partial charge on any atom is 0.321 e. The number of anilines is 1. The van der Waals surface area contributed by atoms with Gasteiger partial charge >= 0.3 is 6.03 Å². The van der Waals surface area contributed by atoms with E-state index < -0.39 is 0 Å². The summed E-state index contributed by atoms with van der Waals surface area (Å²) in [7, 11) is 0. The highest BCUT2D eigenvalue weighted by molar-refractivity contribution is 6.11. The van der Waals surface area contributed by atoms with Crippen molar-refractivity contribution in [1.82, 2.24) is 4.90 Å². The van der Waals surface area contributed by atoms with E-state index in [0.29, 0.717) is 30.3 Å². The molecule has 3 aliphatic rings. The number of likely N-dealkylation sites (tertiary alicyclic amines) is 1. The molecule has 0 aromatic heterocycles. The fourth-order valence-corrected chi connectivity index (χ4v) is 5.23. The standard InChI is InChI=1S/C26H24N2O4/c29-25(21-10-8-17-7-6-16-3-1-5-20(21)24(16)17)18-4-2-12-28(14-18)26(30)27-19-9-11-22-23(13-19)32-15-31-22/h1,3,5,8-11,13,18H,2,4,6-7,12,14-15H2,(H,27,30)/t18-/m0/s1. The molecule has 162 valence electrons. The first-order chi connectivity index (χ1) is 15.7. The molecule has 2 aliphatic heterocycles. The number of ketones is 1. The summed E-state index contributed by atoms with van der Waals surface area (Å²) in [5.41, 5.74) is 4.11. The molecule has 1 N–H and O–H groups in total. The van der Waals surface area contributed by atoms with E-state index in [9.17, 15) is 9.59 Å². The van der Waals surface area contributed by atoms with Crippen LogP contribution in [0, 0.1) is 5.92 Å². The Bertz CT molecular complexity index is 1240. The van der Waals surface area contributed by atoms with Crippen LogP contribution in [-0.2, 0) is 12.8 Å². The number of piperidine rings is 1. The number of amides is 2. The summed E-state index contributed by atoms with van der Waals surface area (Å²) in [5.74, 6) is 1.25. The van der Waals surface area contributed by atoms with Crippen LogP contribution in [0.3, 0.4) is 0 Å². The van der Waals surface area contributed by atoms with Gasteiger partial charge in [-0.25, -0.2) is 4.79 Å². The van der Waals surface area contributed by atoms with Crippen LogP contribution in [0.15, 0.2) is 48.5 Å². The number of rotatable bonds is 3. The Balaban J connectivity index is 1.20. The summed E-state index contributed by atoms with van der Waals surface area (Å²) in [6, 6.07) is 15.5. The second-order valence-electron chi connectivity index (χ2n) is 8.76. The summed E-state index contributed by atoms with van der Waals surface area (Å²) in [6.45, 7) is 1.27. The van der Waals surface area contributed by atoms with E-state index in [1.807, 2.05) is 6.07 Å². The van der Waals surface area contributed by atoms with Crippen molar-refractivity contribution in [2.24, 2.45) is 5.92 Å². The van der Waals surface area contributed by atoms with E-state index in [2.05, 4.69) is 29.6 Å². The molecule has 2 amide bonds. The number of carbonyl (C=O) groups excluding carboxylic acids is 2. The number of nitrogens with zero attached hydrogens (tertiary/aromatic N) is 1. The Labute approximate surface area is 186 Å². The smallest absolute Gasteiger partial charge is 0.321 e. The summed E-state index contributed by atoms with van der Waals surface area (Å²) in [4.78, 5) is 28.2. The average Bonchev–Trinajstić information content (AvgIpc) is 3.47. The van der Waals surface area contributed by atoms with Crippen molar-refractivity contribution in [3.63, 3.8) is 0 Å². The largest absolute Gasteiger partial charge is 0.454 e. The van der Waals surface area contributed by atoms with Crippen LogP contribution >= 0.6 is 0 Å². The van der Waals surface area contributed by atoms with E-state index in [0.717, 1.165) is 36.6 Å². The van der Waals surface area contributed by atoms with E-state index in [4.69, 9.17) is 9.47 Å². The maximum atomic E-state index is 13.5. The Kier molecular flexibility index (Phi) is 4.52. The second-order valence-corrected chi connectivity index (χ2v) is 8.76. The maximum absolute atomic E-state index is 13.5. The lowest BCUT2D eigenvalue weighted by Crippen LogP contribution is -2.44. The van der Waals surface area contributed by atoms with Gasteiger partial charge in [0.25, 0.3) is 0 Å². The monoisotopic (exact) mass is 428 g/mol. The lowest BCUT2D eigenvalue weighted by molar-refractivity contribution is 0.0853. The van der Waals surface area contributed by atoms with Crippen molar-refractivity contribution < 1.29 is 19.1 Å². The Hall–Kier alpha value is -3.54. The van der Waals surface area contributed by atoms with Crippen molar-refractivity contribution in [3.05, 3.63) is 65.2 Å². The molecule has 0 saturated carbocycles. The minimum absolute atomic E-state index is 0.140. The first kappa shape index (κ1) is 19.2. The summed E-state index contributed by atoms with van der Waals surface area (Å²) in [6.07, 6.45) is 3.70. The molecule has 3 aromatic rings. The van der Waals surface area contributed by atoms with Crippen LogP contribution in [-0.4, -0.2) is 36.6 Å². The quantitative estimate of drug-likeness (QED) is 0.609. The van der Waals surface area contributed by atoms with Crippen LogP contribution < -0.4 is 14.8 Å². The highest BCUT2D eigenvalue weighted by Crippen LogP contribution is 2.36. The molecule has 0 radical (unpaired) electrons. The molecular formula is C26H24N2O4. The van der Waals surface area contributed by atoms with Crippen LogP contribution in [0.1, 0.15) is 34.3 Å². The number of benzene rings is 3. The highest BCUT2D eigenvalue weighted by Gasteiger charge is 2.31. The van der Waals surface area contributed by atoms with Gasteiger partial charge in [-0.15, -0.1) is 0 Å². The molecular weight excluding hydrogens is 404 g/mol. The van der Waals surface area contributed by atoms with Crippen LogP contribution in [0.2, 0.25) is 0 Å². The summed E-state index contributed by atoms with van der Waals surface area (Å²) >= 11 is 0. The first-order valence-corrected chi connectivity index (χ1v) is 11.2. The molecule has 0 unspecified atom stereocenters. The average molecular weight is 428 g/mol. The number of Topliss-reactive ketones (excluding diaryl/α,β-unsaturated/α-hetero) is 1. The second kappa shape index (κ2) is 7.55. The molecule has 32 heavy (non-hydrogen) atoms. The number of nitrogens with one attached hydrogen (secondary N) is 1. The lowest BCUT2D eigenvalue weighted by Gasteiger charge is -2.32. The molecule has 0 bridgehead atoms. The Morgan fingerprint density at radius 1 is 0.969 bits per heavy atom. The zero-order chi connectivity index (χ0) is 21.7. The van der Waals surface area contributed by atoms with E-state index in [-0.39, 0.29) is 24.5 Å². The number of carbonyl (C=O) groups is 2. The van der Waals surface area contributed by atoms with Gasteiger partial charge in [-0.3, -0.25) is 4.79 Å². The lowest BCUT2D eigenvalue weighted by atomic mass is 9.87. The summed E-state index contributed by atoms with van der Waals surface area (Å²) < 4.78 is 10.7. The third kappa shape index (κ3) is 3.18. The number of urea groups is 1. The number of fused-ring (bicyclic) bond motifs is 1. The van der Waals surface area contributed by atoms with Gasteiger partial charge < -0.3 is 19.7 Å². The topological polar surface area (TPSA) is 67.9 Å². The molecule has 6 heteroatoms. The van der Waals surface area contributed by atoms with Gasteiger partial charge in [0.15, 0.2) is 17.3 Å². The predicted octanol–water partition coefficient (Wildman–Crippen LogP) is 4.79. The van der Waals surface area contributed by atoms with Crippen molar-refractivity contribution in [2.45, 2.75) is 25.7 Å². The first-order valence-electron chi connectivity index (χ1n) is 11.2. The highest BCUT2D eigenvalue weighted by atomic mass is 16.7.